The first-order valence-electron chi connectivity index (χ1n) is 8.22. The van der Waals surface area contributed by atoms with Crippen LogP contribution in [0.4, 0.5) is 5.69 Å². The van der Waals surface area contributed by atoms with E-state index in [0.29, 0.717) is 28.3 Å². The highest BCUT2D eigenvalue weighted by Crippen LogP contribution is 2.30. The van der Waals surface area contributed by atoms with Gasteiger partial charge in [0.25, 0.3) is 0 Å². The minimum absolute atomic E-state index is 0.209. The first-order chi connectivity index (χ1) is 12.8. The van der Waals surface area contributed by atoms with Gasteiger partial charge in [0.2, 0.25) is 15.9 Å². The van der Waals surface area contributed by atoms with Crippen LogP contribution < -0.4 is 19.1 Å². The van der Waals surface area contributed by atoms with Gasteiger partial charge in [-0.2, -0.15) is 0 Å². The van der Waals surface area contributed by atoms with Crippen LogP contribution in [0, 0.1) is 0 Å². The van der Waals surface area contributed by atoms with E-state index in [2.05, 4.69) is 21.2 Å². The number of carbonyl (C=O) groups is 1. The molecule has 2 aromatic rings. The summed E-state index contributed by atoms with van der Waals surface area (Å²) in [5, 5.41) is 2.71. The maximum atomic E-state index is 12.3. The number of nitrogens with zero attached hydrogens (tertiary/aromatic N) is 1. The Morgan fingerprint density at radius 2 is 1.85 bits per heavy atom. The molecule has 1 aliphatic heterocycles. The van der Waals surface area contributed by atoms with Gasteiger partial charge < -0.3 is 14.8 Å². The van der Waals surface area contributed by atoms with Gasteiger partial charge >= 0.3 is 0 Å². The van der Waals surface area contributed by atoms with E-state index >= 15 is 0 Å². The molecule has 27 heavy (non-hydrogen) atoms. The maximum Gasteiger partial charge on any atom is 0.240 e. The van der Waals surface area contributed by atoms with Crippen LogP contribution in [0.5, 0.6) is 11.5 Å². The molecule has 0 spiro atoms. The molecular formula is C18H19BrN2O5S. The Bertz CT molecular complexity index is 935. The fraction of sp³-hybridized carbons (Fsp3) is 0.278. The lowest BCUT2D eigenvalue weighted by Crippen LogP contribution is -2.45. The average Bonchev–Trinajstić information content (AvgIpc) is 2.64. The number of hydrogen-bond acceptors (Lipinski definition) is 5. The van der Waals surface area contributed by atoms with E-state index in [1.807, 2.05) is 18.2 Å². The number of anilines is 1. The predicted molar refractivity (Wildman–Crippen MR) is 106 cm³/mol. The van der Waals surface area contributed by atoms with Crippen molar-refractivity contribution in [3.05, 3.63) is 53.0 Å². The van der Waals surface area contributed by atoms with Crippen LogP contribution in [0.1, 0.15) is 0 Å². The summed E-state index contributed by atoms with van der Waals surface area (Å²) in [4.78, 5) is 12.3. The first kappa shape index (κ1) is 19.5. The van der Waals surface area contributed by atoms with Crippen molar-refractivity contribution in [3.8, 4) is 11.5 Å². The molecule has 1 atom stereocenters. The molecule has 144 valence electrons. The number of halogens is 1. The van der Waals surface area contributed by atoms with Gasteiger partial charge in [-0.1, -0.05) is 24.3 Å². The van der Waals surface area contributed by atoms with Crippen LogP contribution in [-0.2, 0) is 14.8 Å². The van der Waals surface area contributed by atoms with Gasteiger partial charge in [0.05, 0.1) is 18.5 Å². The number of nitrogens with one attached hydrogen (secondary N) is 1. The molecule has 7 nitrogen and oxygen atoms in total. The van der Waals surface area contributed by atoms with Crippen LogP contribution in [0.2, 0.25) is 0 Å². The highest BCUT2D eigenvalue weighted by atomic mass is 79.9. The number of carbonyl (C=O) groups excluding carboxylic acids is 1. The molecule has 1 amide bonds. The van der Waals surface area contributed by atoms with Crippen molar-refractivity contribution in [2.45, 2.75) is 6.10 Å². The molecule has 0 fully saturated rings. The molecule has 0 bridgehead atoms. The summed E-state index contributed by atoms with van der Waals surface area (Å²) in [5.41, 5.74) is 0.404. The standard InChI is InChI=1S/C18H19BrN2O5S/c1-27(23,24)21(15-7-3-2-6-14(15)19)11-18(22)20-10-13-12-25-16-8-4-5-9-17(16)26-13/h2-9,13H,10-12H2,1H3,(H,20,22)/t13-/m1/s1. The smallest absolute Gasteiger partial charge is 0.240 e. The maximum absolute atomic E-state index is 12.3. The van der Waals surface area contributed by atoms with E-state index in [9.17, 15) is 13.2 Å². The highest BCUT2D eigenvalue weighted by Gasteiger charge is 2.24. The Kier molecular flexibility index (Phi) is 5.91. The average molecular weight is 455 g/mol. The van der Waals surface area contributed by atoms with Gasteiger partial charge in [0.15, 0.2) is 11.5 Å². The minimum atomic E-state index is -3.63. The molecule has 3 rings (SSSR count). The fourth-order valence-electron chi connectivity index (χ4n) is 2.61. The molecule has 0 unspecified atom stereocenters. The van der Waals surface area contributed by atoms with Gasteiger partial charge in [-0.15, -0.1) is 0 Å². The van der Waals surface area contributed by atoms with Crippen molar-refractivity contribution in [2.75, 3.05) is 30.3 Å². The summed E-state index contributed by atoms with van der Waals surface area (Å²) in [6.45, 7) is 0.184. The van der Waals surface area contributed by atoms with Gasteiger partial charge in [-0.3, -0.25) is 9.10 Å². The zero-order chi connectivity index (χ0) is 19.4. The second-order valence-electron chi connectivity index (χ2n) is 6.02. The molecule has 2 aromatic carbocycles. The minimum Gasteiger partial charge on any atom is -0.486 e. The summed E-state index contributed by atoms with van der Waals surface area (Å²) in [6, 6.07) is 14.1. The molecular weight excluding hydrogens is 436 g/mol. The second kappa shape index (κ2) is 8.18. The fourth-order valence-corrected chi connectivity index (χ4v) is 4.10. The Labute approximate surface area is 166 Å². The number of hydrogen-bond donors (Lipinski definition) is 1. The number of ether oxygens (including phenoxy) is 2. The summed E-state index contributed by atoms with van der Waals surface area (Å²) >= 11 is 3.32. The molecule has 0 saturated heterocycles. The number of amides is 1. The monoisotopic (exact) mass is 454 g/mol. The Morgan fingerprint density at radius 3 is 2.56 bits per heavy atom. The predicted octanol–water partition coefficient (Wildman–Crippen LogP) is 2.17. The van der Waals surface area contributed by atoms with Crippen LogP contribution in [0.3, 0.4) is 0 Å². The van der Waals surface area contributed by atoms with Crippen LogP contribution >= 0.6 is 15.9 Å². The number of rotatable bonds is 6. The topological polar surface area (TPSA) is 84.9 Å². The third-order valence-electron chi connectivity index (χ3n) is 3.90. The van der Waals surface area contributed by atoms with Crippen LogP contribution in [-0.4, -0.2) is 46.4 Å². The SMILES string of the molecule is CS(=O)(=O)N(CC(=O)NC[C@@H]1COc2ccccc2O1)c1ccccc1Br. The molecule has 0 aliphatic carbocycles. The molecule has 1 aliphatic rings. The molecule has 1 N–H and O–H groups in total. The number of fused-ring (bicyclic) bond motifs is 1. The zero-order valence-electron chi connectivity index (χ0n) is 14.6. The van der Waals surface area contributed by atoms with Gasteiger partial charge in [-0.25, -0.2) is 8.42 Å². The third-order valence-corrected chi connectivity index (χ3v) is 5.70. The summed E-state index contributed by atoms with van der Waals surface area (Å²) in [6.07, 6.45) is 0.716. The van der Waals surface area contributed by atoms with E-state index in [4.69, 9.17) is 9.47 Å². The van der Waals surface area contributed by atoms with E-state index in [1.165, 1.54) is 0 Å². The lowest BCUT2D eigenvalue weighted by Gasteiger charge is -2.27. The van der Waals surface area contributed by atoms with E-state index in [-0.39, 0.29) is 19.2 Å². The number of benzene rings is 2. The van der Waals surface area contributed by atoms with Gasteiger partial charge in [0, 0.05) is 4.47 Å². The van der Waals surface area contributed by atoms with E-state index in [1.54, 1.807) is 30.3 Å². The van der Waals surface area contributed by atoms with Crippen LogP contribution in [0.15, 0.2) is 53.0 Å². The van der Waals surface area contributed by atoms with E-state index in [0.717, 1.165) is 10.6 Å². The first-order valence-corrected chi connectivity index (χ1v) is 10.9. The largest absolute Gasteiger partial charge is 0.486 e. The van der Waals surface area contributed by atoms with Crippen molar-refractivity contribution in [1.29, 1.82) is 0 Å². The molecule has 1 heterocycles. The van der Waals surface area contributed by atoms with Gasteiger partial charge in [0.1, 0.15) is 19.3 Å². The Morgan fingerprint density at radius 1 is 1.19 bits per heavy atom. The van der Waals surface area contributed by atoms with Crippen molar-refractivity contribution in [3.63, 3.8) is 0 Å². The molecule has 0 radical (unpaired) electrons. The number of para-hydroxylation sites is 3. The third kappa shape index (κ3) is 4.92. The van der Waals surface area contributed by atoms with Crippen molar-refractivity contribution >= 4 is 37.5 Å². The Hall–Kier alpha value is -2.26. The molecule has 0 aromatic heterocycles. The van der Waals surface area contributed by atoms with Crippen molar-refractivity contribution in [2.24, 2.45) is 0 Å². The highest BCUT2D eigenvalue weighted by molar-refractivity contribution is 9.10. The molecule has 9 heteroatoms. The Balaban J connectivity index is 1.62. The lowest BCUT2D eigenvalue weighted by atomic mass is 10.2. The lowest BCUT2D eigenvalue weighted by molar-refractivity contribution is -0.120. The van der Waals surface area contributed by atoms with E-state index < -0.39 is 15.9 Å². The summed E-state index contributed by atoms with van der Waals surface area (Å²) in [7, 11) is -3.63. The second-order valence-corrected chi connectivity index (χ2v) is 8.78. The summed E-state index contributed by atoms with van der Waals surface area (Å²) in [5.74, 6) is 0.852. The van der Waals surface area contributed by atoms with Gasteiger partial charge in [-0.05, 0) is 40.2 Å². The van der Waals surface area contributed by atoms with Crippen molar-refractivity contribution < 1.29 is 22.7 Å². The molecule has 0 saturated carbocycles. The normalized spacial score (nSPS) is 15.9. The summed E-state index contributed by atoms with van der Waals surface area (Å²) < 4.78 is 37.3. The van der Waals surface area contributed by atoms with Crippen LogP contribution in [0.25, 0.3) is 0 Å². The number of sulfonamides is 1. The van der Waals surface area contributed by atoms with Crippen molar-refractivity contribution in [1.82, 2.24) is 5.32 Å². The quantitative estimate of drug-likeness (QED) is 0.722. The zero-order valence-corrected chi connectivity index (χ0v) is 17.0.